The number of carbonyl (C=O) groups is 1. The van der Waals surface area contributed by atoms with Crippen LogP contribution in [0, 0.1) is 6.92 Å². The average molecular weight is 297 g/mol. The molecule has 1 heterocycles. The molecule has 0 aromatic carbocycles. The van der Waals surface area contributed by atoms with Crippen molar-refractivity contribution in [3.8, 4) is 0 Å². The fraction of sp³-hybridized carbons (Fsp3) is 0.643. The molecule has 0 bridgehead atoms. The number of carbonyl (C=O) groups excluding carboxylic acids is 1. The number of amides is 1. The molecule has 0 spiro atoms. The molecular weight excluding hydrogens is 274 g/mol. The first kappa shape index (κ1) is 17.3. The minimum absolute atomic E-state index is 0.00144. The predicted molar refractivity (Wildman–Crippen MR) is 78.5 cm³/mol. The zero-order valence-electron chi connectivity index (χ0n) is 12.9. The Bertz CT molecular complexity index is 534. The summed E-state index contributed by atoms with van der Waals surface area (Å²) in [7, 11) is 1.51. The van der Waals surface area contributed by atoms with Gasteiger partial charge >= 0.3 is 0 Å². The van der Waals surface area contributed by atoms with Gasteiger partial charge in [0.2, 0.25) is 0 Å². The zero-order chi connectivity index (χ0) is 16.0. The van der Waals surface area contributed by atoms with Gasteiger partial charge in [-0.1, -0.05) is 13.8 Å². The average Bonchev–Trinajstić information content (AvgIpc) is 2.38. The van der Waals surface area contributed by atoms with Crippen LogP contribution in [0.3, 0.4) is 0 Å². The van der Waals surface area contributed by atoms with Gasteiger partial charge in [0.1, 0.15) is 11.4 Å². The molecule has 1 aromatic heterocycles. The van der Waals surface area contributed by atoms with Gasteiger partial charge in [-0.15, -0.1) is 0 Å². The number of H-pyrrole nitrogens is 1. The smallest absolute Gasteiger partial charge is 0.264 e. The standard InChI is InChI=1S/C14H23N3O4/c1-8(2)12-15-9(3)11(14(20)17-12)13(19)16-10(5-6-18)7-21-4/h8,10,18H,5-7H2,1-4H3,(H,16,19)(H,15,17,20). The summed E-state index contributed by atoms with van der Waals surface area (Å²) in [6.45, 7) is 5.64. The normalized spacial score (nSPS) is 12.5. The molecule has 21 heavy (non-hydrogen) atoms. The Kier molecular flexibility index (Phi) is 6.51. The molecule has 3 N–H and O–H groups in total. The van der Waals surface area contributed by atoms with Crippen molar-refractivity contribution in [3.05, 3.63) is 27.4 Å². The number of aryl methyl sites for hydroxylation is 1. The van der Waals surface area contributed by atoms with E-state index in [1.54, 1.807) is 6.92 Å². The lowest BCUT2D eigenvalue weighted by molar-refractivity contribution is 0.0876. The van der Waals surface area contributed by atoms with Gasteiger partial charge in [-0.3, -0.25) is 9.59 Å². The van der Waals surface area contributed by atoms with E-state index in [2.05, 4.69) is 15.3 Å². The Hall–Kier alpha value is -1.73. The lowest BCUT2D eigenvalue weighted by Gasteiger charge is -2.17. The summed E-state index contributed by atoms with van der Waals surface area (Å²) < 4.78 is 4.98. The quantitative estimate of drug-likeness (QED) is 0.672. The van der Waals surface area contributed by atoms with Gasteiger partial charge < -0.3 is 20.1 Å². The second-order valence-corrected chi connectivity index (χ2v) is 5.20. The first-order valence-electron chi connectivity index (χ1n) is 6.92. The Morgan fingerprint density at radius 2 is 2.14 bits per heavy atom. The van der Waals surface area contributed by atoms with Crippen LogP contribution < -0.4 is 10.9 Å². The van der Waals surface area contributed by atoms with Gasteiger partial charge in [0.15, 0.2) is 0 Å². The summed E-state index contributed by atoms with van der Waals surface area (Å²) >= 11 is 0. The van der Waals surface area contributed by atoms with Gasteiger partial charge in [0.05, 0.1) is 18.3 Å². The molecule has 1 amide bonds. The Morgan fingerprint density at radius 1 is 1.48 bits per heavy atom. The summed E-state index contributed by atoms with van der Waals surface area (Å²) in [4.78, 5) is 31.2. The van der Waals surface area contributed by atoms with Gasteiger partial charge in [-0.25, -0.2) is 4.98 Å². The molecule has 0 saturated heterocycles. The highest BCUT2D eigenvalue weighted by Crippen LogP contribution is 2.09. The number of aliphatic hydroxyl groups is 1. The Morgan fingerprint density at radius 3 is 2.62 bits per heavy atom. The van der Waals surface area contributed by atoms with Crippen LogP contribution in [0.15, 0.2) is 4.79 Å². The van der Waals surface area contributed by atoms with E-state index in [-0.39, 0.29) is 30.7 Å². The number of methoxy groups -OCH3 is 1. The number of hydrogen-bond acceptors (Lipinski definition) is 5. The molecule has 1 unspecified atom stereocenters. The van der Waals surface area contributed by atoms with E-state index in [1.807, 2.05) is 13.8 Å². The van der Waals surface area contributed by atoms with Crippen LogP contribution in [-0.2, 0) is 4.74 Å². The third-order valence-corrected chi connectivity index (χ3v) is 3.07. The van der Waals surface area contributed by atoms with Gasteiger partial charge in [-0.05, 0) is 13.3 Å². The molecule has 0 fully saturated rings. The minimum atomic E-state index is -0.507. The Balaban J connectivity index is 2.99. The third-order valence-electron chi connectivity index (χ3n) is 3.07. The maximum absolute atomic E-state index is 12.2. The highest BCUT2D eigenvalue weighted by atomic mass is 16.5. The van der Waals surface area contributed by atoms with Crippen molar-refractivity contribution in [1.29, 1.82) is 0 Å². The van der Waals surface area contributed by atoms with Crippen LogP contribution in [-0.4, -0.2) is 47.3 Å². The molecule has 0 aliphatic rings. The highest BCUT2D eigenvalue weighted by molar-refractivity contribution is 5.95. The summed E-state index contributed by atoms with van der Waals surface area (Å²) in [6.07, 6.45) is 0.355. The molecule has 0 radical (unpaired) electrons. The SMILES string of the molecule is COCC(CCO)NC(=O)c1c(C)nc(C(C)C)[nH]c1=O. The molecular formula is C14H23N3O4. The van der Waals surface area contributed by atoms with Crippen LogP contribution in [0.2, 0.25) is 0 Å². The maximum Gasteiger partial charge on any atom is 0.264 e. The second-order valence-electron chi connectivity index (χ2n) is 5.20. The van der Waals surface area contributed by atoms with Crippen molar-refractivity contribution >= 4 is 5.91 Å². The maximum atomic E-state index is 12.2. The van der Waals surface area contributed by atoms with Crippen molar-refractivity contribution in [2.24, 2.45) is 0 Å². The molecule has 118 valence electrons. The van der Waals surface area contributed by atoms with Gasteiger partial charge in [-0.2, -0.15) is 0 Å². The topological polar surface area (TPSA) is 104 Å². The van der Waals surface area contributed by atoms with Crippen molar-refractivity contribution in [2.75, 3.05) is 20.3 Å². The van der Waals surface area contributed by atoms with Gasteiger partial charge in [0.25, 0.3) is 11.5 Å². The number of rotatable bonds is 7. The summed E-state index contributed by atoms with van der Waals surface area (Å²) in [5.41, 5.74) is -0.0672. The van der Waals surface area contributed by atoms with Gasteiger partial charge in [0, 0.05) is 19.6 Å². The lowest BCUT2D eigenvalue weighted by atomic mass is 10.1. The second kappa shape index (κ2) is 7.90. The monoisotopic (exact) mass is 297 g/mol. The third kappa shape index (κ3) is 4.64. The first-order valence-corrected chi connectivity index (χ1v) is 6.92. The van der Waals surface area contributed by atoms with E-state index < -0.39 is 11.5 Å². The van der Waals surface area contributed by atoms with Crippen molar-refractivity contribution < 1.29 is 14.6 Å². The summed E-state index contributed by atoms with van der Waals surface area (Å²) in [6, 6.07) is -0.351. The van der Waals surface area contributed by atoms with E-state index in [1.165, 1.54) is 7.11 Å². The van der Waals surface area contributed by atoms with E-state index in [9.17, 15) is 9.59 Å². The fourth-order valence-corrected chi connectivity index (χ4v) is 1.96. The molecule has 1 atom stereocenters. The fourth-order valence-electron chi connectivity index (χ4n) is 1.96. The lowest BCUT2D eigenvalue weighted by Crippen LogP contribution is -2.41. The number of aromatic amines is 1. The summed E-state index contributed by atoms with van der Waals surface area (Å²) in [5.74, 6) is 0.119. The molecule has 0 saturated carbocycles. The number of aromatic nitrogens is 2. The van der Waals surface area contributed by atoms with Crippen LogP contribution in [0.1, 0.15) is 48.1 Å². The molecule has 1 aromatic rings. The number of nitrogens with zero attached hydrogens (tertiary/aromatic N) is 1. The van der Waals surface area contributed by atoms with Crippen LogP contribution in [0.4, 0.5) is 0 Å². The first-order chi connectivity index (χ1) is 9.90. The summed E-state index contributed by atoms with van der Waals surface area (Å²) in [5, 5.41) is 11.6. The number of nitrogens with one attached hydrogen (secondary N) is 2. The van der Waals surface area contributed by atoms with Crippen molar-refractivity contribution in [1.82, 2.24) is 15.3 Å². The van der Waals surface area contributed by atoms with E-state index in [0.717, 1.165) is 0 Å². The minimum Gasteiger partial charge on any atom is -0.396 e. The van der Waals surface area contributed by atoms with Crippen molar-refractivity contribution in [3.63, 3.8) is 0 Å². The van der Waals surface area contributed by atoms with Crippen LogP contribution in [0.5, 0.6) is 0 Å². The highest BCUT2D eigenvalue weighted by Gasteiger charge is 2.20. The number of hydrogen-bond donors (Lipinski definition) is 3. The van der Waals surface area contributed by atoms with E-state index in [0.29, 0.717) is 17.9 Å². The number of aliphatic hydroxyl groups excluding tert-OH is 1. The molecule has 0 aliphatic heterocycles. The van der Waals surface area contributed by atoms with E-state index >= 15 is 0 Å². The molecule has 1 rings (SSSR count). The molecule has 7 heteroatoms. The largest absolute Gasteiger partial charge is 0.396 e. The van der Waals surface area contributed by atoms with E-state index in [4.69, 9.17) is 9.84 Å². The zero-order valence-corrected chi connectivity index (χ0v) is 12.9. The van der Waals surface area contributed by atoms with Crippen LogP contribution in [0.25, 0.3) is 0 Å². The van der Waals surface area contributed by atoms with Crippen LogP contribution >= 0.6 is 0 Å². The Labute approximate surface area is 123 Å². The van der Waals surface area contributed by atoms with Crippen molar-refractivity contribution in [2.45, 2.75) is 39.2 Å². The predicted octanol–water partition coefficient (Wildman–Crippen LogP) is 0.329. The molecule has 0 aliphatic carbocycles. The number of ether oxygens (including phenoxy) is 1. The molecule has 7 nitrogen and oxygen atoms in total.